The van der Waals surface area contributed by atoms with Crippen LogP contribution < -0.4 is 5.32 Å². The lowest BCUT2D eigenvalue weighted by molar-refractivity contribution is -0.140. The minimum Gasteiger partial charge on any atom is -0.452 e. The Morgan fingerprint density at radius 2 is 1.93 bits per heavy atom. The van der Waals surface area contributed by atoms with E-state index in [1.54, 1.807) is 17.4 Å². The molecular formula is C16H13Cl3F3N3O3. The Morgan fingerprint density at radius 1 is 1.25 bits per heavy atom. The van der Waals surface area contributed by atoms with E-state index in [4.69, 9.17) is 39.5 Å². The summed E-state index contributed by atoms with van der Waals surface area (Å²) in [6, 6.07) is 4.83. The molecule has 152 valence electrons. The van der Waals surface area contributed by atoms with Gasteiger partial charge >= 0.3 is 12.1 Å². The second kappa shape index (κ2) is 9.02. The number of carbonyl (C=O) groups is 2. The maximum Gasteiger partial charge on any atom is 0.405 e. The van der Waals surface area contributed by atoms with Crippen molar-refractivity contribution in [2.45, 2.75) is 19.6 Å². The maximum absolute atomic E-state index is 12.2. The fourth-order valence-electron chi connectivity index (χ4n) is 2.15. The third-order valence-electron chi connectivity index (χ3n) is 3.43. The maximum atomic E-state index is 12.2. The van der Waals surface area contributed by atoms with Crippen LogP contribution in [-0.4, -0.2) is 41.0 Å². The monoisotopic (exact) mass is 457 g/mol. The largest absolute Gasteiger partial charge is 0.452 e. The molecule has 1 aromatic carbocycles. The zero-order chi connectivity index (χ0) is 21.1. The van der Waals surface area contributed by atoms with Crippen molar-refractivity contribution in [2.75, 3.05) is 13.2 Å². The van der Waals surface area contributed by atoms with E-state index in [0.717, 1.165) is 0 Å². The van der Waals surface area contributed by atoms with Gasteiger partial charge in [0.15, 0.2) is 6.61 Å². The number of rotatable bonds is 6. The number of amides is 1. The number of hydrogen-bond donors (Lipinski definition) is 1. The van der Waals surface area contributed by atoms with Crippen molar-refractivity contribution < 1.29 is 27.5 Å². The number of halogens is 6. The first-order valence-electron chi connectivity index (χ1n) is 7.65. The zero-order valence-corrected chi connectivity index (χ0v) is 16.5. The number of nitrogens with one attached hydrogen (secondary N) is 1. The lowest BCUT2D eigenvalue weighted by Gasteiger charge is -2.09. The topological polar surface area (TPSA) is 73.2 Å². The third kappa shape index (κ3) is 6.02. The lowest BCUT2D eigenvalue weighted by Crippen LogP contribution is -2.36. The predicted octanol–water partition coefficient (Wildman–Crippen LogP) is 4.04. The van der Waals surface area contributed by atoms with Crippen LogP contribution in [0.25, 0.3) is 0 Å². The molecule has 1 heterocycles. The first-order chi connectivity index (χ1) is 13.0. The molecule has 0 aliphatic rings. The highest BCUT2D eigenvalue weighted by molar-refractivity contribution is 6.35. The summed E-state index contributed by atoms with van der Waals surface area (Å²) >= 11 is 18.1. The SMILES string of the molecule is Cc1nn(Cc2ccc(Cl)cc2Cl)c(Cl)c1C(=O)OCC(=O)NCC(F)(F)F. The second-order valence-electron chi connectivity index (χ2n) is 5.61. The van der Waals surface area contributed by atoms with E-state index in [1.807, 2.05) is 0 Å². The normalized spacial score (nSPS) is 11.4. The van der Waals surface area contributed by atoms with Crippen molar-refractivity contribution in [2.24, 2.45) is 0 Å². The molecule has 1 N–H and O–H groups in total. The molecule has 28 heavy (non-hydrogen) atoms. The highest BCUT2D eigenvalue weighted by Crippen LogP contribution is 2.25. The average Bonchev–Trinajstić information content (AvgIpc) is 2.86. The van der Waals surface area contributed by atoms with Crippen LogP contribution in [-0.2, 0) is 16.1 Å². The second-order valence-corrected chi connectivity index (χ2v) is 6.81. The molecule has 0 aliphatic heterocycles. The summed E-state index contributed by atoms with van der Waals surface area (Å²) in [6.07, 6.45) is -4.57. The van der Waals surface area contributed by atoms with E-state index in [9.17, 15) is 22.8 Å². The summed E-state index contributed by atoms with van der Waals surface area (Å²) < 4.78 is 42.2. The van der Waals surface area contributed by atoms with Gasteiger partial charge in [0.25, 0.3) is 5.91 Å². The van der Waals surface area contributed by atoms with Gasteiger partial charge in [0.2, 0.25) is 0 Å². The molecule has 12 heteroatoms. The van der Waals surface area contributed by atoms with E-state index in [0.29, 0.717) is 15.6 Å². The quantitative estimate of drug-likeness (QED) is 0.663. The molecule has 0 aliphatic carbocycles. The predicted molar refractivity (Wildman–Crippen MR) is 96.9 cm³/mol. The minimum atomic E-state index is -4.57. The first-order valence-corrected chi connectivity index (χ1v) is 8.78. The number of benzene rings is 1. The standard InChI is InChI=1S/C16H13Cl3F3N3O3/c1-8-13(15(27)28-6-12(26)23-7-16(20,21)22)14(19)25(24-8)5-9-2-3-10(17)4-11(9)18/h2-4H,5-7H2,1H3,(H,23,26). The molecule has 1 amide bonds. The number of hydrogen-bond acceptors (Lipinski definition) is 4. The van der Waals surface area contributed by atoms with Gasteiger partial charge in [-0.1, -0.05) is 40.9 Å². The molecule has 0 atom stereocenters. The van der Waals surface area contributed by atoms with Crippen LogP contribution in [0.3, 0.4) is 0 Å². The summed E-state index contributed by atoms with van der Waals surface area (Å²) in [6.45, 7) is -0.789. The van der Waals surface area contributed by atoms with Gasteiger partial charge in [-0.2, -0.15) is 18.3 Å². The number of alkyl halides is 3. The molecule has 2 rings (SSSR count). The van der Waals surface area contributed by atoms with Crippen molar-refractivity contribution in [1.82, 2.24) is 15.1 Å². The van der Waals surface area contributed by atoms with Crippen LogP contribution in [0.15, 0.2) is 18.2 Å². The van der Waals surface area contributed by atoms with Crippen LogP contribution >= 0.6 is 34.8 Å². The zero-order valence-electron chi connectivity index (χ0n) is 14.2. The Morgan fingerprint density at radius 3 is 2.54 bits per heavy atom. The van der Waals surface area contributed by atoms with Crippen molar-refractivity contribution >= 4 is 46.7 Å². The van der Waals surface area contributed by atoms with Gasteiger partial charge in [-0.15, -0.1) is 0 Å². The number of aromatic nitrogens is 2. The van der Waals surface area contributed by atoms with Gasteiger partial charge in [-0.25, -0.2) is 9.48 Å². The smallest absolute Gasteiger partial charge is 0.405 e. The summed E-state index contributed by atoms with van der Waals surface area (Å²) in [5, 5.41) is 6.48. The van der Waals surface area contributed by atoms with Gasteiger partial charge < -0.3 is 10.1 Å². The van der Waals surface area contributed by atoms with E-state index in [2.05, 4.69) is 5.10 Å². The Labute approximate surface area is 172 Å². The summed E-state index contributed by atoms with van der Waals surface area (Å²) in [7, 11) is 0. The molecule has 6 nitrogen and oxygen atoms in total. The Hall–Kier alpha value is -1.97. The highest BCUT2D eigenvalue weighted by Gasteiger charge is 2.28. The minimum absolute atomic E-state index is 0.0655. The van der Waals surface area contributed by atoms with Crippen LogP contribution in [0.1, 0.15) is 21.6 Å². The molecule has 0 saturated heterocycles. The van der Waals surface area contributed by atoms with Crippen LogP contribution in [0.4, 0.5) is 13.2 Å². The van der Waals surface area contributed by atoms with Crippen LogP contribution in [0.2, 0.25) is 15.2 Å². The van der Waals surface area contributed by atoms with Crippen molar-refractivity contribution in [3.63, 3.8) is 0 Å². The summed E-state index contributed by atoms with van der Waals surface area (Å²) in [4.78, 5) is 23.5. The Kier molecular flexibility index (Phi) is 7.19. The van der Waals surface area contributed by atoms with Gasteiger partial charge in [-0.05, 0) is 24.6 Å². The fraction of sp³-hybridized carbons (Fsp3) is 0.312. The summed E-state index contributed by atoms with van der Waals surface area (Å²) in [5.74, 6) is -2.09. The number of ether oxygens (including phenoxy) is 1. The number of esters is 1. The molecule has 0 bridgehead atoms. The molecule has 0 fully saturated rings. The van der Waals surface area contributed by atoms with E-state index >= 15 is 0 Å². The van der Waals surface area contributed by atoms with Gasteiger partial charge in [0.05, 0.1) is 12.2 Å². The fourth-order valence-corrected chi connectivity index (χ4v) is 2.93. The Bertz CT molecular complexity index is 900. The molecule has 0 radical (unpaired) electrons. The van der Waals surface area contributed by atoms with Crippen molar-refractivity contribution in [1.29, 1.82) is 0 Å². The van der Waals surface area contributed by atoms with Crippen molar-refractivity contribution in [3.8, 4) is 0 Å². The van der Waals surface area contributed by atoms with Gasteiger partial charge in [-0.3, -0.25) is 4.79 Å². The lowest BCUT2D eigenvalue weighted by atomic mass is 10.2. The average molecular weight is 459 g/mol. The number of nitrogens with zero attached hydrogens (tertiary/aromatic N) is 2. The first kappa shape index (κ1) is 22.3. The van der Waals surface area contributed by atoms with Gasteiger partial charge in [0, 0.05) is 10.0 Å². The van der Waals surface area contributed by atoms with Crippen molar-refractivity contribution in [3.05, 3.63) is 50.2 Å². The molecule has 0 saturated carbocycles. The molecule has 2 aromatic rings. The molecule has 1 aromatic heterocycles. The van der Waals surface area contributed by atoms with Crippen LogP contribution in [0, 0.1) is 6.92 Å². The number of aryl methyl sites for hydroxylation is 1. The van der Waals surface area contributed by atoms with Crippen LogP contribution in [0.5, 0.6) is 0 Å². The molecular weight excluding hydrogens is 446 g/mol. The van der Waals surface area contributed by atoms with Gasteiger partial charge in [0.1, 0.15) is 17.3 Å². The van der Waals surface area contributed by atoms with E-state index in [1.165, 1.54) is 17.7 Å². The third-order valence-corrected chi connectivity index (χ3v) is 4.40. The molecule has 0 spiro atoms. The summed E-state index contributed by atoms with van der Waals surface area (Å²) in [5.41, 5.74) is 0.757. The Balaban J connectivity index is 2.06. The molecule has 0 unspecified atom stereocenters. The number of carbonyl (C=O) groups excluding carboxylic acids is 2. The highest BCUT2D eigenvalue weighted by atomic mass is 35.5. The van der Waals surface area contributed by atoms with E-state index in [-0.39, 0.29) is 23.0 Å². The van der Waals surface area contributed by atoms with E-state index < -0.39 is 31.2 Å².